The molecule has 0 aromatic heterocycles. The molecule has 0 bridgehead atoms. The van der Waals surface area contributed by atoms with Crippen molar-refractivity contribution in [2.24, 2.45) is 5.92 Å². The number of nitrogens with zero attached hydrogens (tertiary/aromatic N) is 1. The Hall–Kier alpha value is -0.770. The molecule has 1 aliphatic carbocycles. The van der Waals surface area contributed by atoms with E-state index in [1.165, 1.54) is 19.3 Å². The van der Waals surface area contributed by atoms with Gasteiger partial charge in [0.1, 0.15) is 5.60 Å². The van der Waals surface area contributed by atoms with Crippen LogP contribution >= 0.6 is 0 Å². The van der Waals surface area contributed by atoms with Crippen molar-refractivity contribution in [2.45, 2.75) is 70.6 Å². The molecule has 1 saturated carbocycles. The molecule has 104 valence electrons. The number of hydrogen-bond acceptors (Lipinski definition) is 3. The van der Waals surface area contributed by atoms with E-state index in [1.54, 1.807) is 0 Å². The molecule has 1 aliphatic heterocycles. The maximum Gasteiger partial charge on any atom is 0.410 e. The van der Waals surface area contributed by atoms with Gasteiger partial charge in [-0.3, -0.25) is 4.90 Å². The molecule has 0 aromatic carbocycles. The number of hydrogen-bond donors (Lipinski definition) is 1. The maximum absolute atomic E-state index is 12.3. The molecule has 3 atom stereocenters. The molecular weight excluding hydrogens is 230 g/mol. The van der Waals surface area contributed by atoms with Gasteiger partial charge < -0.3 is 9.84 Å². The van der Waals surface area contributed by atoms with Crippen LogP contribution in [0.25, 0.3) is 0 Å². The lowest BCUT2D eigenvalue weighted by atomic mass is 9.85. The van der Waals surface area contributed by atoms with Crippen LogP contribution in [-0.4, -0.2) is 40.4 Å². The summed E-state index contributed by atoms with van der Waals surface area (Å²) < 4.78 is 5.48. The highest BCUT2D eigenvalue weighted by Gasteiger charge is 2.45. The van der Waals surface area contributed by atoms with Crippen LogP contribution in [0, 0.1) is 5.92 Å². The van der Waals surface area contributed by atoms with E-state index in [0.29, 0.717) is 5.92 Å². The number of carbonyl (C=O) groups excluding carboxylic acids is 1. The Morgan fingerprint density at radius 2 is 2.00 bits per heavy atom. The summed E-state index contributed by atoms with van der Waals surface area (Å²) in [5.41, 5.74) is -0.468. The molecule has 0 unspecified atom stereocenters. The fourth-order valence-corrected chi connectivity index (χ4v) is 3.32. The molecule has 1 heterocycles. The first kappa shape index (κ1) is 13.7. The van der Waals surface area contributed by atoms with Crippen LogP contribution in [0.2, 0.25) is 0 Å². The van der Waals surface area contributed by atoms with Gasteiger partial charge in [-0.1, -0.05) is 12.8 Å². The highest BCUT2D eigenvalue weighted by Crippen LogP contribution is 2.40. The van der Waals surface area contributed by atoms with E-state index in [4.69, 9.17) is 4.74 Å². The van der Waals surface area contributed by atoms with Gasteiger partial charge in [-0.05, 0) is 46.0 Å². The molecule has 0 aromatic rings. The highest BCUT2D eigenvalue weighted by atomic mass is 16.6. The number of fused-ring (bicyclic) bond motifs is 1. The van der Waals surface area contributed by atoms with Crippen LogP contribution in [0.4, 0.5) is 4.79 Å². The lowest BCUT2D eigenvalue weighted by Crippen LogP contribution is -2.46. The van der Waals surface area contributed by atoms with Crippen LogP contribution in [0.5, 0.6) is 0 Å². The molecule has 4 heteroatoms. The van der Waals surface area contributed by atoms with Gasteiger partial charge in [0.15, 0.2) is 0 Å². The van der Waals surface area contributed by atoms with Crippen molar-refractivity contribution >= 4 is 6.09 Å². The predicted molar refractivity (Wildman–Crippen MR) is 69.3 cm³/mol. The number of aliphatic hydroxyl groups excluding tert-OH is 1. The van der Waals surface area contributed by atoms with Gasteiger partial charge in [-0.2, -0.15) is 0 Å². The van der Waals surface area contributed by atoms with Crippen LogP contribution in [-0.2, 0) is 4.74 Å². The Labute approximate surface area is 109 Å². The topological polar surface area (TPSA) is 49.8 Å². The Kier molecular flexibility index (Phi) is 3.85. The third-order valence-electron chi connectivity index (χ3n) is 4.01. The zero-order chi connectivity index (χ0) is 13.3. The first-order valence-corrected chi connectivity index (χ1v) is 7.04. The third kappa shape index (κ3) is 2.79. The molecule has 2 rings (SSSR count). The summed E-state index contributed by atoms with van der Waals surface area (Å²) in [5.74, 6) is 0.559. The molecule has 1 saturated heterocycles. The minimum atomic E-state index is -0.468. The Bertz CT molecular complexity index is 311. The van der Waals surface area contributed by atoms with E-state index in [1.807, 2.05) is 25.7 Å². The second-order valence-corrected chi connectivity index (χ2v) is 6.57. The number of ether oxygens (including phenoxy) is 1. The van der Waals surface area contributed by atoms with Crippen molar-refractivity contribution in [3.63, 3.8) is 0 Å². The predicted octanol–water partition coefficient (Wildman–Crippen LogP) is 2.55. The van der Waals surface area contributed by atoms with E-state index in [0.717, 1.165) is 12.8 Å². The average molecular weight is 255 g/mol. The largest absolute Gasteiger partial charge is 0.444 e. The van der Waals surface area contributed by atoms with Crippen LogP contribution in [0.15, 0.2) is 0 Å². The summed E-state index contributed by atoms with van der Waals surface area (Å²) in [7, 11) is 0. The fraction of sp³-hybridized carbons (Fsp3) is 0.929. The molecule has 2 aliphatic rings. The second-order valence-electron chi connectivity index (χ2n) is 6.57. The summed E-state index contributed by atoms with van der Waals surface area (Å²) in [6, 6.07) is 0.235. The fourth-order valence-electron chi connectivity index (χ4n) is 3.32. The van der Waals surface area contributed by atoms with Crippen molar-refractivity contribution in [1.29, 1.82) is 0 Å². The van der Waals surface area contributed by atoms with Crippen molar-refractivity contribution < 1.29 is 14.6 Å². The summed E-state index contributed by atoms with van der Waals surface area (Å²) >= 11 is 0. The second kappa shape index (κ2) is 5.08. The normalized spacial score (nSPS) is 32.2. The summed E-state index contributed by atoms with van der Waals surface area (Å²) in [4.78, 5) is 14.1. The smallest absolute Gasteiger partial charge is 0.410 e. The molecule has 1 amide bonds. The number of rotatable bonds is 1. The quantitative estimate of drug-likeness (QED) is 0.783. The molecule has 18 heavy (non-hydrogen) atoms. The SMILES string of the molecule is CC(C)(C)OC(=O)N1[C@@H](CO)C[C@@H]2CCCC[C@@H]21. The van der Waals surface area contributed by atoms with Gasteiger partial charge in [0.2, 0.25) is 0 Å². The summed E-state index contributed by atoms with van der Waals surface area (Å²) in [5, 5.41) is 9.48. The standard InChI is InChI=1S/C14H25NO3/c1-14(2,3)18-13(17)15-11(9-16)8-10-6-4-5-7-12(10)15/h10-12,16H,4-9H2,1-3H3/t10-,11+,12-/m0/s1. The van der Waals surface area contributed by atoms with E-state index in [2.05, 4.69) is 0 Å². The lowest BCUT2D eigenvalue weighted by Gasteiger charge is -2.34. The van der Waals surface area contributed by atoms with E-state index < -0.39 is 5.60 Å². The van der Waals surface area contributed by atoms with E-state index >= 15 is 0 Å². The van der Waals surface area contributed by atoms with Crippen LogP contribution in [0.3, 0.4) is 0 Å². The zero-order valence-electron chi connectivity index (χ0n) is 11.7. The zero-order valence-corrected chi connectivity index (χ0v) is 11.7. The number of carbonyl (C=O) groups is 1. The van der Waals surface area contributed by atoms with Gasteiger partial charge >= 0.3 is 6.09 Å². The lowest BCUT2D eigenvalue weighted by molar-refractivity contribution is 0.00509. The van der Waals surface area contributed by atoms with Gasteiger partial charge in [-0.25, -0.2) is 4.79 Å². The van der Waals surface area contributed by atoms with Gasteiger partial charge in [0, 0.05) is 6.04 Å². The molecule has 2 fully saturated rings. The number of aliphatic hydroxyl groups is 1. The van der Waals surface area contributed by atoms with Gasteiger partial charge in [0.05, 0.1) is 12.6 Å². The minimum Gasteiger partial charge on any atom is -0.444 e. The summed E-state index contributed by atoms with van der Waals surface area (Å²) in [6.07, 6.45) is 5.34. The molecule has 0 spiro atoms. The van der Waals surface area contributed by atoms with Crippen LogP contribution < -0.4 is 0 Å². The monoisotopic (exact) mass is 255 g/mol. The first-order valence-electron chi connectivity index (χ1n) is 7.04. The van der Waals surface area contributed by atoms with Crippen molar-refractivity contribution in [2.75, 3.05) is 6.61 Å². The molecular formula is C14H25NO3. The van der Waals surface area contributed by atoms with Gasteiger partial charge in [-0.15, -0.1) is 0 Å². The number of likely N-dealkylation sites (tertiary alicyclic amines) is 1. The average Bonchev–Trinajstić information content (AvgIpc) is 2.64. The first-order chi connectivity index (χ1) is 8.42. The van der Waals surface area contributed by atoms with Gasteiger partial charge in [0.25, 0.3) is 0 Å². The molecule has 1 N–H and O–H groups in total. The maximum atomic E-state index is 12.3. The minimum absolute atomic E-state index is 0.0479. The third-order valence-corrected chi connectivity index (χ3v) is 4.01. The van der Waals surface area contributed by atoms with E-state index in [-0.39, 0.29) is 24.8 Å². The highest BCUT2D eigenvalue weighted by molar-refractivity contribution is 5.69. The molecule has 4 nitrogen and oxygen atoms in total. The molecule has 0 radical (unpaired) electrons. The Balaban J connectivity index is 2.10. The van der Waals surface area contributed by atoms with Crippen molar-refractivity contribution in [3.8, 4) is 0 Å². The van der Waals surface area contributed by atoms with Crippen molar-refractivity contribution in [1.82, 2.24) is 4.90 Å². The number of amides is 1. The Morgan fingerprint density at radius 3 is 2.61 bits per heavy atom. The van der Waals surface area contributed by atoms with E-state index in [9.17, 15) is 9.90 Å². The van der Waals surface area contributed by atoms with Crippen molar-refractivity contribution in [3.05, 3.63) is 0 Å². The Morgan fingerprint density at radius 1 is 1.33 bits per heavy atom. The van der Waals surface area contributed by atoms with Crippen LogP contribution in [0.1, 0.15) is 52.9 Å². The summed E-state index contributed by atoms with van der Waals surface area (Å²) in [6.45, 7) is 5.69.